The van der Waals surface area contributed by atoms with Gasteiger partial charge in [0.1, 0.15) is 6.04 Å². The highest BCUT2D eigenvalue weighted by atomic mass is 16.3. The second-order valence-electron chi connectivity index (χ2n) is 8.48. The van der Waals surface area contributed by atoms with Crippen LogP contribution in [0.15, 0.2) is 47.1 Å². The van der Waals surface area contributed by atoms with Gasteiger partial charge >= 0.3 is 0 Å². The molecule has 2 amide bonds. The minimum atomic E-state index is -0.588. The molecule has 0 radical (unpaired) electrons. The van der Waals surface area contributed by atoms with Gasteiger partial charge < -0.3 is 20.0 Å². The number of nitrogens with one attached hydrogen (secondary N) is 2. The van der Waals surface area contributed by atoms with Crippen LogP contribution in [0.3, 0.4) is 0 Å². The van der Waals surface area contributed by atoms with E-state index in [1.54, 1.807) is 12.1 Å². The molecule has 1 aliphatic heterocycles. The van der Waals surface area contributed by atoms with E-state index in [1.165, 1.54) is 17.5 Å². The fourth-order valence-electron chi connectivity index (χ4n) is 3.83. The maximum Gasteiger partial charge on any atom is 0.287 e. The van der Waals surface area contributed by atoms with E-state index < -0.39 is 6.04 Å². The van der Waals surface area contributed by atoms with E-state index >= 15 is 0 Å². The van der Waals surface area contributed by atoms with Gasteiger partial charge in [-0.15, -0.1) is 0 Å². The Bertz CT molecular complexity index is 842. The molecule has 2 aromatic rings. The number of carbonyl (C=O) groups excluding carboxylic acids is 2. The zero-order valence-electron chi connectivity index (χ0n) is 18.8. The van der Waals surface area contributed by atoms with Crippen LogP contribution < -0.4 is 15.5 Å². The summed E-state index contributed by atoms with van der Waals surface area (Å²) >= 11 is 0. The summed E-state index contributed by atoms with van der Waals surface area (Å²) in [6.45, 7) is 11.6. The van der Waals surface area contributed by atoms with Gasteiger partial charge in [-0.3, -0.25) is 14.5 Å². The van der Waals surface area contributed by atoms with Gasteiger partial charge in [0.25, 0.3) is 5.91 Å². The van der Waals surface area contributed by atoms with Crippen LogP contribution in [-0.2, 0) is 4.79 Å². The van der Waals surface area contributed by atoms with Crippen molar-refractivity contribution in [1.82, 2.24) is 15.5 Å². The van der Waals surface area contributed by atoms with E-state index in [4.69, 9.17) is 4.42 Å². The van der Waals surface area contributed by atoms with Gasteiger partial charge in [0.2, 0.25) is 5.91 Å². The highest BCUT2D eigenvalue weighted by Gasteiger charge is 2.25. The van der Waals surface area contributed by atoms with Crippen LogP contribution in [0.4, 0.5) is 5.69 Å². The summed E-state index contributed by atoms with van der Waals surface area (Å²) in [6.07, 6.45) is 2.33. The Morgan fingerprint density at radius 1 is 1.10 bits per heavy atom. The second kappa shape index (κ2) is 11.0. The summed E-state index contributed by atoms with van der Waals surface area (Å²) in [6, 6.07) is 11.3. The van der Waals surface area contributed by atoms with Crippen LogP contribution in [0.2, 0.25) is 0 Å². The van der Waals surface area contributed by atoms with Crippen molar-refractivity contribution in [3.05, 3.63) is 54.0 Å². The minimum absolute atomic E-state index is 0.0198. The minimum Gasteiger partial charge on any atom is -0.459 e. The molecule has 1 unspecified atom stereocenters. The third-order valence-electron chi connectivity index (χ3n) is 5.67. The molecule has 31 heavy (non-hydrogen) atoms. The topological polar surface area (TPSA) is 77.8 Å². The first-order valence-electron chi connectivity index (χ1n) is 11.1. The van der Waals surface area contributed by atoms with E-state index in [0.29, 0.717) is 6.54 Å². The van der Waals surface area contributed by atoms with E-state index in [1.807, 2.05) is 13.8 Å². The Balaban J connectivity index is 1.36. The molecular weight excluding hydrogens is 392 g/mol. The van der Waals surface area contributed by atoms with Gasteiger partial charge in [0, 0.05) is 38.4 Å². The SMILES string of the molecule is Cc1cccc(N2CCN(CCCNC(=O)C(NC(=O)c3ccco3)C(C)C)CC2)c1. The van der Waals surface area contributed by atoms with Crippen molar-refractivity contribution in [2.24, 2.45) is 5.92 Å². The van der Waals surface area contributed by atoms with Crippen molar-refractivity contribution < 1.29 is 14.0 Å². The predicted molar refractivity (Wildman–Crippen MR) is 122 cm³/mol. The Labute approximate surface area is 184 Å². The predicted octanol–water partition coefficient (Wildman–Crippen LogP) is 2.67. The number of carbonyl (C=O) groups is 2. The van der Waals surface area contributed by atoms with Crippen LogP contribution in [-0.4, -0.2) is 62.0 Å². The van der Waals surface area contributed by atoms with Crippen molar-refractivity contribution in [2.45, 2.75) is 33.2 Å². The largest absolute Gasteiger partial charge is 0.459 e. The monoisotopic (exact) mass is 426 g/mol. The molecule has 2 heterocycles. The van der Waals surface area contributed by atoms with Crippen LogP contribution in [0, 0.1) is 12.8 Å². The number of amides is 2. The number of hydrogen-bond donors (Lipinski definition) is 2. The van der Waals surface area contributed by atoms with E-state index in [-0.39, 0.29) is 23.5 Å². The maximum atomic E-state index is 12.6. The second-order valence-corrected chi connectivity index (χ2v) is 8.48. The Kier molecular flexibility index (Phi) is 8.12. The van der Waals surface area contributed by atoms with Crippen LogP contribution in [0.5, 0.6) is 0 Å². The molecule has 0 saturated carbocycles. The molecule has 7 heteroatoms. The maximum absolute atomic E-state index is 12.6. The first kappa shape index (κ1) is 22.9. The summed E-state index contributed by atoms with van der Waals surface area (Å²) < 4.78 is 5.11. The van der Waals surface area contributed by atoms with Crippen molar-refractivity contribution in [2.75, 3.05) is 44.2 Å². The van der Waals surface area contributed by atoms with Gasteiger partial charge in [0.15, 0.2) is 5.76 Å². The molecule has 1 aromatic heterocycles. The van der Waals surface area contributed by atoms with E-state index in [0.717, 1.165) is 39.1 Å². The van der Waals surface area contributed by atoms with Crippen LogP contribution >= 0.6 is 0 Å². The molecule has 0 spiro atoms. The van der Waals surface area contributed by atoms with Crippen molar-refractivity contribution in [1.29, 1.82) is 0 Å². The first-order valence-corrected chi connectivity index (χ1v) is 11.1. The lowest BCUT2D eigenvalue weighted by Gasteiger charge is -2.36. The smallest absolute Gasteiger partial charge is 0.287 e. The zero-order valence-corrected chi connectivity index (χ0v) is 18.8. The first-order chi connectivity index (χ1) is 14.9. The lowest BCUT2D eigenvalue weighted by Crippen LogP contribution is -2.50. The lowest BCUT2D eigenvalue weighted by atomic mass is 10.0. The normalized spacial score (nSPS) is 15.7. The van der Waals surface area contributed by atoms with Gasteiger partial charge in [0.05, 0.1) is 6.26 Å². The van der Waals surface area contributed by atoms with Crippen molar-refractivity contribution in [3.63, 3.8) is 0 Å². The van der Waals surface area contributed by atoms with E-state index in [2.05, 4.69) is 51.6 Å². The molecular formula is C24H34N4O3. The summed E-state index contributed by atoms with van der Waals surface area (Å²) in [7, 11) is 0. The number of anilines is 1. The molecule has 1 aromatic carbocycles. The number of nitrogens with zero attached hydrogens (tertiary/aromatic N) is 2. The highest BCUT2D eigenvalue weighted by molar-refractivity contribution is 5.95. The van der Waals surface area contributed by atoms with Gasteiger partial charge in [-0.05, 0) is 55.6 Å². The Morgan fingerprint density at radius 2 is 1.87 bits per heavy atom. The average molecular weight is 427 g/mol. The lowest BCUT2D eigenvalue weighted by molar-refractivity contribution is -0.123. The number of furan rings is 1. The van der Waals surface area contributed by atoms with Crippen molar-refractivity contribution >= 4 is 17.5 Å². The highest BCUT2D eigenvalue weighted by Crippen LogP contribution is 2.17. The number of rotatable bonds is 9. The number of benzene rings is 1. The third-order valence-corrected chi connectivity index (χ3v) is 5.67. The van der Waals surface area contributed by atoms with E-state index in [9.17, 15) is 9.59 Å². The molecule has 1 saturated heterocycles. The quantitative estimate of drug-likeness (QED) is 0.603. The fraction of sp³-hybridized carbons (Fsp3) is 0.500. The molecule has 1 aliphatic rings. The average Bonchev–Trinajstić information content (AvgIpc) is 3.30. The molecule has 0 bridgehead atoms. The molecule has 168 valence electrons. The Hall–Kier alpha value is -2.80. The molecule has 2 N–H and O–H groups in total. The molecule has 7 nitrogen and oxygen atoms in total. The summed E-state index contributed by atoms with van der Waals surface area (Å²) in [5, 5.41) is 5.75. The van der Waals surface area contributed by atoms with Gasteiger partial charge in [-0.2, -0.15) is 0 Å². The van der Waals surface area contributed by atoms with Gasteiger partial charge in [-0.1, -0.05) is 26.0 Å². The third kappa shape index (κ3) is 6.59. The van der Waals surface area contributed by atoms with Crippen LogP contribution in [0.1, 0.15) is 36.4 Å². The van der Waals surface area contributed by atoms with Gasteiger partial charge in [-0.25, -0.2) is 0 Å². The Morgan fingerprint density at radius 3 is 2.52 bits per heavy atom. The molecule has 3 rings (SSSR count). The summed E-state index contributed by atoms with van der Waals surface area (Å²) in [5.74, 6) is -0.332. The fourth-order valence-corrected chi connectivity index (χ4v) is 3.83. The molecule has 1 fully saturated rings. The van der Waals surface area contributed by atoms with Crippen molar-refractivity contribution in [3.8, 4) is 0 Å². The van der Waals surface area contributed by atoms with Crippen LogP contribution in [0.25, 0.3) is 0 Å². The number of hydrogen-bond acceptors (Lipinski definition) is 5. The number of piperazine rings is 1. The molecule has 0 aliphatic carbocycles. The number of aryl methyl sites for hydroxylation is 1. The summed E-state index contributed by atoms with van der Waals surface area (Å²) in [5.41, 5.74) is 2.58. The summed E-state index contributed by atoms with van der Waals surface area (Å²) in [4.78, 5) is 29.7. The molecule has 1 atom stereocenters. The zero-order chi connectivity index (χ0) is 22.2. The standard InChI is InChI=1S/C24H34N4O3/c1-18(2)22(26-23(29)21-9-5-16-31-21)24(30)25-10-6-11-27-12-14-28(15-13-27)20-8-4-7-19(3)17-20/h4-5,7-9,16-18,22H,6,10-15H2,1-3H3,(H,25,30)(H,26,29).